The monoisotopic (exact) mass is 171 g/mol. The van der Waals surface area contributed by atoms with Crippen LogP contribution < -0.4 is 10.5 Å². The Kier molecular flexibility index (Phi) is 1.96. The summed E-state index contributed by atoms with van der Waals surface area (Å²) in [6.07, 6.45) is 3.71. The number of nitrogen functional groups attached to an aromatic ring is 1. The fourth-order valence-electron chi connectivity index (χ4n) is 1.29. The molecule has 0 bridgehead atoms. The van der Waals surface area contributed by atoms with Crippen LogP contribution in [0.2, 0.25) is 0 Å². The van der Waals surface area contributed by atoms with Gasteiger partial charge in [0.2, 0.25) is 6.20 Å². The SMILES string of the molecule is N[n+]1cccc(-c2ccccc2)c1. The van der Waals surface area contributed by atoms with E-state index in [0.29, 0.717) is 0 Å². The van der Waals surface area contributed by atoms with Crippen molar-refractivity contribution in [3.63, 3.8) is 0 Å². The first-order valence-corrected chi connectivity index (χ1v) is 4.18. The van der Waals surface area contributed by atoms with Gasteiger partial charge in [-0.05, 0) is 11.6 Å². The predicted molar refractivity (Wildman–Crippen MR) is 52.2 cm³/mol. The van der Waals surface area contributed by atoms with Gasteiger partial charge in [-0.2, -0.15) is 0 Å². The molecule has 2 rings (SSSR count). The molecule has 0 aliphatic carbocycles. The molecule has 2 N–H and O–H groups in total. The van der Waals surface area contributed by atoms with Crippen LogP contribution in [0.1, 0.15) is 0 Å². The van der Waals surface area contributed by atoms with Crippen LogP contribution in [0, 0.1) is 0 Å². The number of benzene rings is 1. The molecule has 0 radical (unpaired) electrons. The van der Waals surface area contributed by atoms with Crippen molar-refractivity contribution in [3.8, 4) is 11.1 Å². The first kappa shape index (κ1) is 7.80. The minimum Gasteiger partial charge on any atom is -0.205 e. The average Bonchev–Trinajstić information content (AvgIpc) is 2.19. The number of hydrogen-bond acceptors (Lipinski definition) is 1. The lowest BCUT2D eigenvalue weighted by molar-refractivity contribution is -0.638. The van der Waals surface area contributed by atoms with Crippen LogP contribution in [0.15, 0.2) is 54.9 Å². The van der Waals surface area contributed by atoms with E-state index in [0.717, 1.165) is 5.56 Å². The minimum atomic E-state index is 1.13. The zero-order valence-corrected chi connectivity index (χ0v) is 7.22. The summed E-state index contributed by atoms with van der Waals surface area (Å²) in [4.78, 5) is 0. The van der Waals surface area contributed by atoms with E-state index < -0.39 is 0 Å². The fourth-order valence-corrected chi connectivity index (χ4v) is 1.29. The van der Waals surface area contributed by atoms with Crippen molar-refractivity contribution in [2.24, 2.45) is 0 Å². The van der Waals surface area contributed by atoms with E-state index in [1.165, 1.54) is 5.56 Å². The summed E-state index contributed by atoms with van der Waals surface area (Å²) in [6, 6.07) is 14.1. The van der Waals surface area contributed by atoms with Crippen molar-refractivity contribution in [1.82, 2.24) is 0 Å². The fraction of sp³-hybridized carbons (Fsp3) is 0. The largest absolute Gasteiger partial charge is 0.206 e. The number of pyridine rings is 1. The van der Waals surface area contributed by atoms with Gasteiger partial charge in [-0.25, -0.2) is 5.84 Å². The highest BCUT2D eigenvalue weighted by Crippen LogP contribution is 2.15. The summed E-state index contributed by atoms with van der Waals surface area (Å²) < 4.78 is 1.56. The molecule has 2 aromatic rings. The highest BCUT2D eigenvalue weighted by Gasteiger charge is 2.00. The Morgan fingerprint density at radius 3 is 2.23 bits per heavy atom. The van der Waals surface area contributed by atoms with Crippen LogP contribution in [0.5, 0.6) is 0 Å². The van der Waals surface area contributed by atoms with E-state index in [-0.39, 0.29) is 0 Å². The number of rotatable bonds is 1. The van der Waals surface area contributed by atoms with E-state index in [2.05, 4.69) is 12.1 Å². The summed E-state index contributed by atoms with van der Waals surface area (Å²) >= 11 is 0. The summed E-state index contributed by atoms with van der Waals surface area (Å²) in [5.74, 6) is 5.61. The third-order valence-corrected chi connectivity index (χ3v) is 1.93. The molecular weight excluding hydrogens is 160 g/mol. The predicted octanol–water partition coefficient (Wildman–Crippen LogP) is 1.35. The van der Waals surface area contributed by atoms with Gasteiger partial charge in [-0.15, -0.1) is 0 Å². The molecule has 2 nitrogen and oxygen atoms in total. The standard InChI is InChI=1S/C11H11N2/c12-13-8-4-7-11(9-13)10-5-2-1-3-6-10/h1-9H,12H2/q+1. The number of nitrogens with two attached hydrogens (primary N) is 1. The third-order valence-electron chi connectivity index (χ3n) is 1.93. The molecule has 1 aromatic heterocycles. The Bertz CT molecular complexity index is 396. The molecule has 2 heteroatoms. The molecule has 0 unspecified atom stereocenters. The molecule has 0 saturated heterocycles. The van der Waals surface area contributed by atoms with Gasteiger partial charge in [-0.1, -0.05) is 35.0 Å². The lowest BCUT2D eigenvalue weighted by atomic mass is 10.1. The van der Waals surface area contributed by atoms with Gasteiger partial charge in [0.1, 0.15) is 0 Å². The maximum Gasteiger partial charge on any atom is 0.206 e. The Hall–Kier alpha value is -1.83. The van der Waals surface area contributed by atoms with Crippen LogP contribution >= 0.6 is 0 Å². The molecule has 0 amide bonds. The second kappa shape index (κ2) is 3.27. The topological polar surface area (TPSA) is 29.9 Å². The molecule has 0 fully saturated rings. The van der Waals surface area contributed by atoms with Crippen molar-refractivity contribution in [2.45, 2.75) is 0 Å². The van der Waals surface area contributed by atoms with Gasteiger partial charge in [0.15, 0.2) is 6.20 Å². The minimum absolute atomic E-state index is 1.13. The van der Waals surface area contributed by atoms with E-state index in [4.69, 9.17) is 5.84 Å². The lowest BCUT2D eigenvalue weighted by Crippen LogP contribution is -2.43. The summed E-state index contributed by atoms with van der Waals surface area (Å²) in [5.41, 5.74) is 2.31. The van der Waals surface area contributed by atoms with Crippen molar-refractivity contribution in [3.05, 3.63) is 54.9 Å². The number of nitrogens with zero attached hydrogens (tertiary/aromatic N) is 1. The Morgan fingerprint density at radius 2 is 1.54 bits per heavy atom. The Balaban J connectivity index is 2.48. The van der Waals surface area contributed by atoms with E-state index in [1.54, 1.807) is 4.68 Å². The smallest absolute Gasteiger partial charge is 0.205 e. The average molecular weight is 171 g/mol. The van der Waals surface area contributed by atoms with Gasteiger partial charge in [0.25, 0.3) is 0 Å². The van der Waals surface area contributed by atoms with Crippen LogP contribution in [-0.4, -0.2) is 0 Å². The highest BCUT2D eigenvalue weighted by atomic mass is 15.3. The first-order valence-electron chi connectivity index (χ1n) is 4.18. The Morgan fingerprint density at radius 1 is 0.846 bits per heavy atom. The molecule has 1 aromatic carbocycles. The zero-order valence-electron chi connectivity index (χ0n) is 7.22. The highest BCUT2D eigenvalue weighted by molar-refractivity contribution is 5.61. The molecule has 0 saturated carbocycles. The van der Waals surface area contributed by atoms with Crippen molar-refractivity contribution >= 4 is 0 Å². The summed E-state index contributed by atoms with van der Waals surface area (Å²) in [6.45, 7) is 0. The quantitative estimate of drug-likeness (QED) is 0.509. The summed E-state index contributed by atoms with van der Waals surface area (Å²) in [7, 11) is 0. The molecular formula is C11H11N2+. The molecule has 1 heterocycles. The van der Waals surface area contributed by atoms with Crippen LogP contribution in [0.3, 0.4) is 0 Å². The van der Waals surface area contributed by atoms with Gasteiger partial charge in [0.05, 0.1) is 0 Å². The van der Waals surface area contributed by atoms with Crippen molar-refractivity contribution in [2.75, 3.05) is 5.84 Å². The zero-order chi connectivity index (χ0) is 9.10. The van der Waals surface area contributed by atoms with Gasteiger partial charge >= 0.3 is 0 Å². The molecule has 0 atom stereocenters. The van der Waals surface area contributed by atoms with Crippen LogP contribution in [0.25, 0.3) is 11.1 Å². The molecule has 64 valence electrons. The Labute approximate surface area is 77.2 Å². The van der Waals surface area contributed by atoms with Crippen molar-refractivity contribution < 1.29 is 4.68 Å². The second-order valence-electron chi connectivity index (χ2n) is 2.91. The normalized spacial score (nSPS) is 9.85. The molecule has 0 aliphatic heterocycles. The van der Waals surface area contributed by atoms with Gasteiger partial charge in [0, 0.05) is 11.6 Å². The third kappa shape index (κ3) is 1.67. The van der Waals surface area contributed by atoms with E-state index in [9.17, 15) is 0 Å². The number of aromatic nitrogens is 1. The van der Waals surface area contributed by atoms with Crippen LogP contribution in [0.4, 0.5) is 0 Å². The van der Waals surface area contributed by atoms with Crippen molar-refractivity contribution in [1.29, 1.82) is 0 Å². The first-order chi connectivity index (χ1) is 6.36. The summed E-state index contributed by atoms with van der Waals surface area (Å²) in [5, 5.41) is 0. The molecule has 0 aliphatic rings. The number of hydrogen-bond donors (Lipinski definition) is 1. The van der Waals surface area contributed by atoms with Gasteiger partial charge < -0.3 is 0 Å². The van der Waals surface area contributed by atoms with Crippen LogP contribution in [-0.2, 0) is 0 Å². The molecule has 0 spiro atoms. The van der Waals surface area contributed by atoms with E-state index >= 15 is 0 Å². The maximum atomic E-state index is 5.61. The lowest BCUT2D eigenvalue weighted by Gasteiger charge is -1.97. The van der Waals surface area contributed by atoms with Gasteiger partial charge in [-0.3, -0.25) is 0 Å². The maximum absolute atomic E-state index is 5.61. The second-order valence-corrected chi connectivity index (χ2v) is 2.91. The molecule has 13 heavy (non-hydrogen) atoms. The van der Waals surface area contributed by atoms with E-state index in [1.807, 2.05) is 42.7 Å².